The number of carbonyl (C=O) groups excluding carboxylic acids is 1. The number of nitrogens with two attached hydrogens (primary N) is 1. The first-order chi connectivity index (χ1) is 19.2. The fourth-order valence-corrected chi connectivity index (χ4v) is 5.77. The van der Waals surface area contributed by atoms with E-state index in [1.54, 1.807) is 23.2 Å². The molecular weight excluding hydrogens is 521 g/mol. The SMILES string of the molecule is NCc1n[nH]c(=O)c2ccc(C3(C(=O)N(Cc4ccc(C(F)(F)F)cn4)[C@@H]4CCCc5cccnc54)CC3)cc12. The Morgan fingerprint density at radius 1 is 1.12 bits per heavy atom. The van der Waals surface area contributed by atoms with E-state index in [1.165, 1.54) is 6.07 Å². The maximum absolute atomic E-state index is 14.5. The molecule has 40 heavy (non-hydrogen) atoms. The highest BCUT2D eigenvalue weighted by Gasteiger charge is 2.54. The predicted octanol–water partition coefficient (Wildman–Crippen LogP) is 4.33. The summed E-state index contributed by atoms with van der Waals surface area (Å²) in [6.07, 6.45) is 1.59. The summed E-state index contributed by atoms with van der Waals surface area (Å²) < 4.78 is 39.5. The molecule has 0 aliphatic heterocycles. The Hall–Kier alpha value is -4.12. The Morgan fingerprint density at radius 2 is 1.95 bits per heavy atom. The van der Waals surface area contributed by atoms with E-state index >= 15 is 0 Å². The number of halogens is 3. The molecular formula is C29H27F3N6O2. The first-order valence-electron chi connectivity index (χ1n) is 13.2. The summed E-state index contributed by atoms with van der Waals surface area (Å²) in [7, 11) is 0. The van der Waals surface area contributed by atoms with Crippen molar-refractivity contribution in [3.05, 3.63) is 99.0 Å². The second-order valence-electron chi connectivity index (χ2n) is 10.5. The molecule has 1 fully saturated rings. The molecule has 4 aromatic rings. The number of rotatable bonds is 6. The third kappa shape index (κ3) is 4.53. The Morgan fingerprint density at radius 3 is 2.65 bits per heavy atom. The molecule has 2 aliphatic rings. The monoisotopic (exact) mass is 548 g/mol. The highest BCUT2D eigenvalue weighted by molar-refractivity contribution is 5.94. The fourth-order valence-electron chi connectivity index (χ4n) is 5.77. The van der Waals surface area contributed by atoms with Gasteiger partial charge in [0.05, 0.1) is 46.0 Å². The van der Waals surface area contributed by atoms with Crippen molar-refractivity contribution < 1.29 is 18.0 Å². The topological polar surface area (TPSA) is 118 Å². The summed E-state index contributed by atoms with van der Waals surface area (Å²) in [6, 6.07) is 11.2. The number of H-pyrrole nitrogens is 1. The molecule has 3 heterocycles. The van der Waals surface area contributed by atoms with Crippen molar-refractivity contribution in [1.29, 1.82) is 0 Å². The minimum absolute atomic E-state index is 0.0439. The number of amides is 1. The molecule has 206 valence electrons. The number of hydrogen-bond acceptors (Lipinski definition) is 6. The maximum Gasteiger partial charge on any atom is 0.417 e. The Bertz CT molecular complexity index is 1650. The Kier molecular flexibility index (Phi) is 6.41. The third-order valence-corrected chi connectivity index (χ3v) is 8.06. The number of alkyl halides is 3. The number of aromatic nitrogens is 4. The predicted molar refractivity (Wildman–Crippen MR) is 141 cm³/mol. The fraction of sp³-hybridized carbons (Fsp3) is 0.345. The van der Waals surface area contributed by atoms with Crippen LogP contribution in [0.5, 0.6) is 0 Å². The zero-order valence-corrected chi connectivity index (χ0v) is 21.5. The lowest BCUT2D eigenvalue weighted by molar-refractivity contribution is -0.139. The lowest BCUT2D eigenvalue weighted by Crippen LogP contribution is -2.43. The molecule has 2 aliphatic carbocycles. The van der Waals surface area contributed by atoms with Crippen molar-refractivity contribution in [1.82, 2.24) is 25.1 Å². The summed E-state index contributed by atoms with van der Waals surface area (Å²) in [5, 5.41) is 7.57. The molecule has 11 heteroatoms. The summed E-state index contributed by atoms with van der Waals surface area (Å²) in [4.78, 5) is 37.3. The van der Waals surface area contributed by atoms with Gasteiger partial charge in [0.1, 0.15) is 0 Å². The average molecular weight is 549 g/mol. The first kappa shape index (κ1) is 26.1. The lowest BCUT2D eigenvalue weighted by atomic mass is 9.87. The van der Waals surface area contributed by atoms with Crippen LogP contribution in [-0.4, -0.2) is 31.0 Å². The van der Waals surface area contributed by atoms with Gasteiger partial charge in [-0.15, -0.1) is 0 Å². The van der Waals surface area contributed by atoms with Crippen LogP contribution in [0.2, 0.25) is 0 Å². The largest absolute Gasteiger partial charge is 0.417 e. The van der Waals surface area contributed by atoms with Crippen molar-refractivity contribution in [2.75, 3.05) is 0 Å². The number of aryl methyl sites for hydroxylation is 1. The number of hydrogen-bond donors (Lipinski definition) is 2. The van der Waals surface area contributed by atoms with Crippen LogP contribution < -0.4 is 11.3 Å². The van der Waals surface area contributed by atoms with Crippen molar-refractivity contribution >= 4 is 16.7 Å². The molecule has 1 aromatic carbocycles. The molecule has 3 N–H and O–H groups in total. The Balaban J connectivity index is 1.41. The average Bonchev–Trinajstić information content (AvgIpc) is 3.77. The molecule has 0 unspecified atom stereocenters. The second-order valence-corrected chi connectivity index (χ2v) is 10.5. The van der Waals surface area contributed by atoms with Crippen LogP contribution in [-0.2, 0) is 35.9 Å². The summed E-state index contributed by atoms with van der Waals surface area (Å²) in [5.41, 5.74) is 7.37. The van der Waals surface area contributed by atoms with Crippen molar-refractivity contribution in [3.8, 4) is 0 Å². The third-order valence-electron chi connectivity index (χ3n) is 8.06. The number of pyridine rings is 2. The maximum atomic E-state index is 14.5. The smallest absolute Gasteiger partial charge is 0.327 e. The van der Waals surface area contributed by atoms with Gasteiger partial charge in [-0.3, -0.25) is 19.6 Å². The lowest BCUT2D eigenvalue weighted by Gasteiger charge is -2.37. The van der Waals surface area contributed by atoms with Gasteiger partial charge in [-0.05, 0) is 73.6 Å². The van der Waals surface area contributed by atoms with Gasteiger partial charge < -0.3 is 10.6 Å². The molecule has 0 spiro atoms. The molecule has 3 aromatic heterocycles. The van der Waals surface area contributed by atoms with Crippen LogP contribution in [0.25, 0.3) is 10.8 Å². The highest BCUT2D eigenvalue weighted by Crippen LogP contribution is 2.52. The Labute approximate surface area is 227 Å². The molecule has 8 nitrogen and oxygen atoms in total. The molecule has 1 saturated carbocycles. The molecule has 0 bridgehead atoms. The van der Waals surface area contributed by atoms with E-state index < -0.39 is 17.2 Å². The van der Waals surface area contributed by atoms with Gasteiger partial charge in [-0.1, -0.05) is 12.1 Å². The van der Waals surface area contributed by atoms with Crippen LogP contribution in [0.4, 0.5) is 13.2 Å². The van der Waals surface area contributed by atoms with Crippen LogP contribution in [0.3, 0.4) is 0 Å². The van der Waals surface area contributed by atoms with E-state index in [0.717, 1.165) is 41.9 Å². The van der Waals surface area contributed by atoms with Crippen LogP contribution >= 0.6 is 0 Å². The minimum atomic E-state index is -4.50. The van der Waals surface area contributed by atoms with Gasteiger partial charge in [-0.25, -0.2) is 5.10 Å². The van der Waals surface area contributed by atoms with Crippen molar-refractivity contribution in [3.63, 3.8) is 0 Å². The van der Waals surface area contributed by atoms with E-state index in [1.807, 2.05) is 18.2 Å². The van der Waals surface area contributed by atoms with Crippen LogP contribution in [0.15, 0.2) is 59.7 Å². The standard InChI is InChI=1S/C29H27F3N6O2/c30-29(31,32)19-6-8-20(35-15-19)16-38(24-5-1-3-17-4-2-12-34-25(17)24)27(40)28(10-11-28)18-7-9-21-22(13-18)23(14-33)36-37-26(21)39/h2,4,6-9,12-13,15,24H,1,3,5,10-11,14,16,33H2,(H,37,39)/t24-/m1/s1. The quantitative estimate of drug-likeness (QED) is 0.371. The van der Waals surface area contributed by atoms with Gasteiger partial charge in [-0.2, -0.15) is 18.3 Å². The van der Waals surface area contributed by atoms with E-state index in [2.05, 4.69) is 20.2 Å². The molecule has 1 amide bonds. The summed E-state index contributed by atoms with van der Waals surface area (Å²) in [6.45, 7) is 0.163. The van der Waals surface area contributed by atoms with E-state index in [9.17, 15) is 22.8 Å². The number of fused-ring (bicyclic) bond motifs is 2. The van der Waals surface area contributed by atoms with Crippen molar-refractivity contribution in [2.45, 2.75) is 62.8 Å². The minimum Gasteiger partial charge on any atom is -0.327 e. The zero-order chi connectivity index (χ0) is 28.1. The zero-order valence-electron chi connectivity index (χ0n) is 21.5. The summed E-state index contributed by atoms with van der Waals surface area (Å²) in [5.74, 6) is -0.135. The van der Waals surface area contributed by atoms with Gasteiger partial charge in [0.25, 0.3) is 5.56 Å². The van der Waals surface area contributed by atoms with E-state index in [0.29, 0.717) is 41.4 Å². The van der Waals surface area contributed by atoms with Gasteiger partial charge in [0.2, 0.25) is 5.91 Å². The van der Waals surface area contributed by atoms with E-state index in [-0.39, 0.29) is 30.6 Å². The number of carbonyl (C=O) groups is 1. The molecule has 1 atom stereocenters. The highest BCUT2D eigenvalue weighted by atomic mass is 19.4. The van der Waals surface area contributed by atoms with E-state index in [4.69, 9.17) is 5.73 Å². The number of nitrogens with zero attached hydrogens (tertiary/aromatic N) is 4. The number of benzene rings is 1. The van der Waals surface area contributed by atoms with Gasteiger partial charge in [0.15, 0.2) is 0 Å². The molecule has 0 radical (unpaired) electrons. The van der Waals surface area contributed by atoms with Crippen molar-refractivity contribution in [2.24, 2.45) is 5.73 Å². The summed E-state index contributed by atoms with van der Waals surface area (Å²) >= 11 is 0. The van der Waals surface area contributed by atoms with Crippen LogP contribution in [0.1, 0.15) is 65.5 Å². The number of aromatic amines is 1. The number of nitrogens with one attached hydrogen (secondary N) is 1. The van der Waals surface area contributed by atoms with Gasteiger partial charge >= 0.3 is 6.18 Å². The normalized spacial score (nSPS) is 17.9. The van der Waals surface area contributed by atoms with Gasteiger partial charge in [0, 0.05) is 24.3 Å². The first-order valence-corrected chi connectivity index (χ1v) is 13.2. The molecule has 0 saturated heterocycles. The second kappa shape index (κ2) is 9.81. The molecule has 6 rings (SSSR count). The van der Waals surface area contributed by atoms with Crippen LogP contribution in [0, 0.1) is 0 Å².